The number of ketones is 1. The number of carbonyl (C=O) groups is 1. The van der Waals surface area contributed by atoms with Crippen molar-refractivity contribution in [1.82, 2.24) is 0 Å². The van der Waals surface area contributed by atoms with Crippen LogP contribution in [0.5, 0.6) is 0 Å². The van der Waals surface area contributed by atoms with Gasteiger partial charge in [0.05, 0.1) is 0 Å². The number of rotatable bonds is 4. The highest BCUT2D eigenvalue weighted by molar-refractivity contribution is 6.19. The Morgan fingerprint density at radius 3 is 2.27 bits per heavy atom. The zero-order chi connectivity index (χ0) is 11.4. The van der Waals surface area contributed by atoms with E-state index in [1.807, 2.05) is 20.8 Å². The Morgan fingerprint density at radius 1 is 1.27 bits per heavy atom. The predicted octanol–water partition coefficient (Wildman–Crippen LogP) is 3.29. The Kier molecular flexibility index (Phi) is 4.34. The minimum absolute atomic E-state index is 0.0486. The second-order valence-corrected chi connectivity index (χ2v) is 4.50. The van der Waals surface area contributed by atoms with Crippen LogP contribution >= 0.6 is 11.6 Å². The van der Waals surface area contributed by atoms with Gasteiger partial charge in [-0.05, 0) is 19.4 Å². The van der Waals surface area contributed by atoms with Gasteiger partial charge in [-0.1, -0.05) is 36.2 Å². The van der Waals surface area contributed by atoms with E-state index in [2.05, 4.69) is 18.2 Å². The maximum Gasteiger partial charge on any atom is 0.141 e. The second-order valence-electron chi connectivity index (χ2n) is 4.19. The van der Waals surface area contributed by atoms with Crippen molar-refractivity contribution < 1.29 is 4.79 Å². The number of hydrogen-bond acceptors (Lipinski definition) is 1. The van der Waals surface area contributed by atoms with E-state index in [1.54, 1.807) is 0 Å². The van der Waals surface area contributed by atoms with E-state index in [0.717, 1.165) is 5.56 Å². The lowest BCUT2D eigenvalue weighted by Gasteiger charge is -2.08. The molecule has 0 spiro atoms. The van der Waals surface area contributed by atoms with E-state index in [0.29, 0.717) is 12.3 Å². The summed E-state index contributed by atoms with van der Waals surface area (Å²) in [4.78, 5) is 11.7. The first-order valence-electron chi connectivity index (χ1n) is 5.18. The maximum absolute atomic E-state index is 11.7. The lowest BCUT2D eigenvalue weighted by molar-refractivity contribution is -0.121. The molecule has 15 heavy (non-hydrogen) atoms. The third kappa shape index (κ3) is 3.67. The first-order valence-corrected chi connectivity index (χ1v) is 5.72. The molecule has 0 aliphatic heterocycles. The molecule has 0 saturated carbocycles. The van der Waals surface area contributed by atoms with Crippen molar-refractivity contribution in [3.05, 3.63) is 34.9 Å². The van der Waals surface area contributed by atoms with Crippen LogP contribution in [0, 0.1) is 19.8 Å². The summed E-state index contributed by atoms with van der Waals surface area (Å²) >= 11 is 5.65. The molecule has 0 fully saturated rings. The molecule has 82 valence electrons. The van der Waals surface area contributed by atoms with E-state index in [-0.39, 0.29) is 11.7 Å². The third-order valence-corrected chi connectivity index (χ3v) is 2.90. The van der Waals surface area contributed by atoms with Crippen LogP contribution in [0.2, 0.25) is 0 Å². The molecule has 0 amide bonds. The van der Waals surface area contributed by atoms with Crippen LogP contribution in [0.25, 0.3) is 0 Å². The van der Waals surface area contributed by atoms with Gasteiger partial charge < -0.3 is 0 Å². The molecule has 1 atom stereocenters. The van der Waals surface area contributed by atoms with Crippen molar-refractivity contribution in [2.45, 2.75) is 27.2 Å². The van der Waals surface area contributed by atoms with E-state index in [1.165, 1.54) is 11.1 Å². The summed E-state index contributed by atoms with van der Waals surface area (Å²) in [5, 5.41) is 0. The SMILES string of the molecule is Cc1cc(C)cc(CC(=O)C(C)CCl)c1. The monoisotopic (exact) mass is 224 g/mol. The van der Waals surface area contributed by atoms with Crippen molar-refractivity contribution in [1.29, 1.82) is 0 Å². The second kappa shape index (κ2) is 5.32. The average Bonchev–Trinajstić information content (AvgIpc) is 2.14. The number of hydrogen-bond donors (Lipinski definition) is 0. The zero-order valence-electron chi connectivity index (χ0n) is 9.51. The highest BCUT2D eigenvalue weighted by Crippen LogP contribution is 2.12. The van der Waals surface area contributed by atoms with Gasteiger partial charge in [-0.2, -0.15) is 0 Å². The van der Waals surface area contributed by atoms with Gasteiger partial charge >= 0.3 is 0 Å². The summed E-state index contributed by atoms with van der Waals surface area (Å²) in [5.74, 6) is 0.575. The maximum atomic E-state index is 11.7. The molecule has 1 unspecified atom stereocenters. The molecule has 0 aliphatic rings. The molecule has 0 radical (unpaired) electrons. The number of aryl methyl sites for hydroxylation is 2. The topological polar surface area (TPSA) is 17.1 Å². The minimum Gasteiger partial charge on any atom is -0.299 e. The summed E-state index contributed by atoms with van der Waals surface area (Å²) in [6.45, 7) is 5.97. The van der Waals surface area contributed by atoms with E-state index in [4.69, 9.17) is 11.6 Å². The van der Waals surface area contributed by atoms with Gasteiger partial charge in [-0.25, -0.2) is 0 Å². The molecule has 0 bridgehead atoms. The smallest absolute Gasteiger partial charge is 0.141 e. The number of alkyl halides is 1. The molecule has 0 aromatic heterocycles. The van der Waals surface area contributed by atoms with E-state index < -0.39 is 0 Å². The van der Waals surface area contributed by atoms with E-state index >= 15 is 0 Å². The average molecular weight is 225 g/mol. The molecule has 2 heteroatoms. The first kappa shape index (κ1) is 12.3. The van der Waals surface area contributed by atoms with Crippen molar-refractivity contribution in [3.8, 4) is 0 Å². The van der Waals surface area contributed by atoms with Gasteiger partial charge in [0.2, 0.25) is 0 Å². The number of benzene rings is 1. The molecule has 0 N–H and O–H groups in total. The highest BCUT2D eigenvalue weighted by Gasteiger charge is 2.12. The molecule has 0 aliphatic carbocycles. The number of carbonyl (C=O) groups excluding carboxylic acids is 1. The molecule has 1 nitrogen and oxygen atoms in total. The molecule has 1 aromatic carbocycles. The minimum atomic E-state index is -0.0486. The van der Waals surface area contributed by atoms with Gasteiger partial charge in [0, 0.05) is 18.2 Å². The van der Waals surface area contributed by atoms with Crippen molar-refractivity contribution in [2.75, 3.05) is 5.88 Å². The largest absolute Gasteiger partial charge is 0.299 e. The fraction of sp³-hybridized carbons (Fsp3) is 0.462. The first-order chi connectivity index (χ1) is 7.02. The Bertz CT molecular complexity index is 337. The van der Waals surface area contributed by atoms with Crippen molar-refractivity contribution in [3.63, 3.8) is 0 Å². The summed E-state index contributed by atoms with van der Waals surface area (Å²) in [5.41, 5.74) is 3.50. The predicted molar refractivity (Wildman–Crippen MR) is 64.5 cm³/mol. The normalized spacial score (nSPS) is 12.5. The van der Waals surface area contributed by atoms with Crippen LogP contribution in [0.15, 0.2) is 18.2 Å². The van der Waals surface area contributed by atoms with Crippen LogP contribution in [0.1, 0.15) is 23.6 Å². The highest BCUT2D eigenvalue weighted by atomic mass is 35.5. The van der Waals surface area contributed by atoms with E-state index in [9.17, 15) is 4.79 Å². The molecule has 1 aromatic rings. The molecule has 0 saturated heterocycles. The molecule has 0 heterocycles. The van der Waals surface area contributed by atoms with Gasteiger partial charge in [-0.15, -0.1) is 11.6 Å². The lowest BCUT2D eigenvalue weighted by Crippen LogP contribution is -2.15. The van der Waals surface area contributed by atoms with Crippen LogP contribution in [-0.2, 0) is 11.2 Å². The number of Topliss-reactive ketones (excluding diaryl/α,β-unsaturated/α-hetero) is 1. The lowest BCUT2D eigenvalue weighted by atomic mass is 9.98. The molecular formula is C13H17ClO. The summed E-state index contributed by atoms with van der Waals surface area (Å²) in [6, 6.07) is 6.23. The van der Waals surface area contributed by atoms with Gasteiger partial charge in [-0.3, -0.25) is 4.79 Å². The number of halogens is 1. The molecule has 1 rings (SSSR count). The fourth-order valence-corrected chi connectivity index (χ4v) is 1.80. The standard InChI is InChI=1S/C13H17ClO/c1-9-4-10(2)6-12(5-9)7-13(15)11(3)8-14/h4-6,11H,7-8H2,1-3H3. The van der Waals surface area contributed by atoms with Crippen molar-refractivity contribution >= 4 is 17.4 Å². The Morgan fingerprint density at radius 2 is 1.80 bits per heavy atom. The Hall–Kier alpha value is -0.820. The summed E-state index contributed by atoms with van der Waals surface area (Å²) in [7, 11) is 0. The molecular weight excluding hydrogens is 208 g/mol. The Balaban J connectivity index is 2.76. The van der Waals surface area contributed by atoms with Crippen LogP contribution in [0.4, 0.5) is 0 Å². The Labute approximate surface area is 96.5 Å². The third-order valence-electron chi connectivity index (χ3n) is 2.44. The van der Waals surface area contributed by atoms with Crippen LogP contribution in [0.3, 0.4) is 0 Å². The van der Waals surface area contributed by atoms with Gasteiger partial charge in [0.25, 0.3) is 0 Å². The zero-order valence-corrected chi connectivity index (χ0v) is 10.3. The summed E-state index contributed by atoms with van der Waals surface area (Å²) < 4.78 is 0. The van der Waals surface area contributed by atoms with Crippen LogP contribution in [-0.4, -0.2) is 11.7 Å². The van der Waals surface area contributed by atoms with Gasteiger partial charge in [0.15, 0.2) is 0 Å². The quantitative estimate of drug-likeness (QED) is 0.718. The van der Waals surface area contributed by atoms with Crippen molar-refractivity contribution in [2.24, 2.45) is 5.92 Å². The van der Waals surface area contributed by atoms with Gasteiger partial charge in [0.1, 0.15) is 5.78 Å². The summed E-state index contributed by atoms with van der Waals surface area (Å²) in [6.07, 6.45) is 0.496. The fourth-order valence-electron chi connectivity index (χ4n) is 1.63. The van der Waals surface area contributed by atoms with Crippen LogP contribution < -0.4 is 0 Å².